The average Bonchev–Trinajstić information content (AvgIpc) is 2.43. The SMILES string of the molecule is CCOCC(C=N)(CC)C(=O)c1ccc(N)c(Cl)c1. The van der Waals surface area contributed by atoms with Crippen molar-refractivity contribution < 1.29 is 9.53 Å². The normalized spacial score (nSPS) is 13.8. The van der Waals surface area contributed by atoms with E-state index in [2.05, 4.69) is 0 Å². The van der Waals surface area contributed by atoms with Crippen LogP contribution >= 0.6 is 11.6 Å². The molecule has 0 aliphatic carbocycles. The van der Waals surface area contributed by atoms with Gasteiger partial charge in [0.25, 0.3) is 0 Å². The first-order valence-electron chi connectivity index (χ1n) is 6.20. The van der Waals surface area contributed by atoms with Crippen LogP contribution in [0.1, 0.15) is 30.6 Å². The maximum absolute atomic E-state index is 12.6. The molecule has 1 rings (SSSR count). The van der Waals surface area contributed by atoms with Crippen molar-refractivity contribution in [1.82, 2.24) is 0 Å². The third-order valence-electron chi connectivity index (χ3n) is 3.19. The van der Waals surface area contributed by atoms with Gasteiger partial charge in [-0.25, -0.2) is 0 Å². The standard InChI is InChI=1S/C14H19ClN2O2/c1-3-14(8-16,9-19-4-2)13(18)10-5-6-12(17)11(15)7-10/h5-8,16H,3-4,9,17H2,1-2H3. The molecule has 0 amide bonds. The average molecular weight is 283 g/mol. The topological polar surface area (TPSA) is 76.2 Å². The number of ether oxygens (including phenoxy) is 1. The van der Waals surface area contributed by atoms with Crippen molar-refractivity contribution >= 4 is 29.3 Å². The van der Waals surface area contributed by atoms with Crippen molar-refractivity contribution in [3.63, 3.8) is 0 Å². The van der Waals surface area contributed by atoms with Gasteiger partial charge >= 0.3 is 0 Å². The number of anilines is 1. The zero-order valence-corrected chi connectivity index (χ0v) is 12.0. The fraction of sp³-hybridized carbons (Fsp3) is 0.429. The van der Waals surface area contributed by atoms with Gasteiger partial charge in [0, 0.05) is 18.4 Å². The second-order valence-electron chi connectivity index (χ2n) is 4.36. The van der Waals surface area contributed by atoms with Gasteiger partial charge < -0.3 is 15.9 Å². The van der Waals surface area contributed by atoms with E-state index in [1.807, 2.05) is 13.8 Å². The molecular formula is C14H19ClN2O2. The first kappa shape index (κ1) is 15.7. The molecule has 5 heteroatoms. The first-order valence-corrected chi connectivity index (χ1v) is 6.57. The summed E-state index contributed by atoms with van der Waals surface area (Å²) in [4.78, 5) is 12.6. The van der Waals surface area contributed by atoms with Crippen LogP contribution in [0.25, 0.3) is 0 Å². The number of rotatable bonds is 7. The van der Waals surface area contributed by atoms with Crippen LogP contribution in [0.5, 0.6) is 0 Å². The summed E-state index contributed by atoms with van der Waals surface area (Å²) in [5.74, 6) is -0.166. The van der Waals surface area contributed by atoms with Crippen molar-refractivity contribution in [3.8, 4) is 0 Å². The van der Waals surface area contributed by atoms with Crippen LogP contribution in [0.2, 0.25) is 5.02 Å². The van der Waals surface area contributed by atoms with E-state index < -0.39 is 5.41 Å². The zero-order chi connectivity index (χ0) is 14.5. The van der Waals surface area contributed by atoms with Crippen molar-refractivity contribution in [1.29, 1.82) is 5.41 Å². The fourth-order valence-electron chi connectivity index (χ4n) is 1.78. The summed E-state index contributed by atoms with van der Waals surface area (Å²) >= 11 is 5.93. The number of carbonyl (C=O) groups is 1. The molecule has 1 aromatic carbocycles. The van der Waals surface area contributed by atoms with Gasteiger partial charge in [-0.3, -0.25) is 4.79 Å². The van der Waals surface area contributed by atoms with E-state index >= 15 is 0 Å². The van der Waals surface area contributed by atoms with Gasteiger partial charge in [0.1, 0.15) is 0 Å². The Morgan fingerprint density at radius 3 is 2.68 bits per heavy atom. The van der Waals surface area contributed by atoms with Crippen LogP contribution < -0.4 is 5.73 Å². The van der Waals surface area contributed by atoms with Crippen molar-refractivity contribution in [2.45, 2.75) is 20.3 Å². The predicted molar refractivity (Wildman–Crippen MR) is 78.2 cm³/mol. The Kier molecular flexibility index (Phi) is 5.51. The van der Waals surface area contributed by atoms with Crippen molar-refractivity contribution in [2.24, 2.45) is 5.41 Å². The smallest absolute Gasteiger partial charge is 0.176 e. The van der Waals surface area contributed by atoms with Crippen LogP contribution in [0, 0.1) is 10.8 Å². The largest absolute Gasteiger partial charge is 0.398 e. The maximum atomic E-state index is 12.6. The lowest BCUT2D eigenvalue weighted by atomic mass is 9.79. The van der Waals surface area contributed by atoms with Gasteiger partial charge in [-0.2, -0.15) is 0 Å². The summed E-state index contributed by atoms with van der Waals surface area (Å²) < 4.78 is 5.35. The molecule has 19 heavy (non-hydrogen) atoms. The third kappa shape index (κ3) is 3.33. The molecule has 3 N–H and O–H groups in total. The van der Waals surface area contributed by atoms with E-state index in [9.17, 15) is 4.79 Å². The van der Waals surface area contributed by atoms with Crippen molar-refractivity contribution in [3.05, 3.63) is 28.8 Å². The van der Waals surface area contributed by atoms with Crippen molar-refractivity contribution in [2.75, 3.05) is 18.9 Å². The lowest BCUT2D eigenvalue weighted by Gasteiger charge is -2.26. The van der Waals surface area contributed by atoms with E-state index in [0.29, 0.717) is 29.3 Å². The molecule has 0 bridgehead atoms. The summed E-state index contributed by atoms with van der Waals surface area (Å²) in [5, 5.41) is 7.92. The number of hydrogen-bond acceptors (Lipinski definition) is 4. The van der Waals surface area contributed by atoms with Crippen LogP contribution in [0.3, 0.4) is 0 Å². The van der Waals surface area contributed by atoms with E-state index in [1.54, 1.807) is 18.2 Å². The highest BCUT2D eigenvalue weighted by Gasteiger charge is 2.35. The highest BCUT2D eigenvalue weighted by molar-refractivity contribution is 6.33. The molecule has 0 radical (unpaired) electrons. The number of ketones is 1. The summed E-state index contributed by atoms with van der Waals surface area (Å²) in [6.45, 7) is 4.42. The van der Waals surface area contributed by atoms with Crippen LogP contribution in [0.4, 0.5) is 5.69 Å². The number of carbonyl (C=O) groups excluding carboxylic acids is 1. The number of benzene rings is 1. The third-order valence-corrected chi connectivity index (χ3v) is 3.51. The predicted octanol–water partition coefficient (Wildman–Crippen LogP) is 3.19. The Balaban J connectivity index is 3.11. The lowest BCUT2D eigenvalue weighted by molar-refractivity contribution is 0.0606. The minimum Gasteiger partial charge on any atom is -0.398 e. The monoisotopic (exact) mass is 282 g/mol. The Morgan fingerprint density at radius 1 is 1.53 bits per heavy atom. The molecule has 0 fully saturated rings. The van der Waals surface area contributed by atoms with Crippen LogP contribution in [0.15, 0.2) is 18.2 Å². The van der Waals surface area contributed by atoms with E-state index in [1.165, 1.54) is 0 Å². The molecule has 0 spiro atoms. The summed E-state index contributed by atoms with van der Waals surface area (Å²) in [6.07, 6.45) is 1.66. The highest BCUT2D eigenvalue weighted by atomic mass is 35.5. The van der Waals surface area contributed by atoms with Crippen LogP contribution in [-0.2, 0) is 4.74 Å². The number of Topliss-reactive ketones (excluding diaryl/α,β-unsaturated/α-hetero) is 1. The van der Waals surface area contributed by atoms with Gasteiger partial charge in [-0.1, -0.05) is 18.5 Å². The van der Waals surface area contributed by atoms with Gasteiger partial charge in [-0.05, 0) is 31.5 Å². The highest BCUT2D eigenvalue weighted by Crippen LogP contribution is 2.28. The quantitative estimate of drug-likeness (QED) is 0.458. The molecule has 0 aromatic heterocycles. The van der Waals surface area contributed by atoms with E-state index in [4.69, 9.17) is 27.5 Å². The zero-order valence-electron chi connectivity index (χ0n) is 11.2. The Labute approximate surface area is 118 Å². The number of hydrogen-bond donors (Lipinski definition) is 2. The Bertz CT molecular complexity index is 477. The summed E-state index contributed by atoms with van der Waals surface area (Å²) in [5.41, 5.74) is 5.57. The number of nitrogens with two attached hydrogens (primary N) is 1. The molecule has 0 aliphatic rings. The molecule has 0 saturated heterocycles. The molecule has 1 atom stereocenters. The Morgan fingerprint density at radius 2 is 2.21 bits per heavy atom. The fourth-order valence-corrected chi connectivity index (χ4v) is 1.96. The molecule has 104 valence electrons. The molecule has 4 nitrogen and oxygen atoms in total. The number of halogens is 1. The second kappa shape index (κ2) is 6.68. The first-order chi connectivity index (χ1) is 9.00. The minimum atomic E-state index is -0.935. The molecule has 1 aromatic rings. The van der Waals surface area contributed by atoms with E-state index in [-0.39, 0.29) is 12.4 Å². The Hall–Kier alpha value is -1.39. The van der Waals surface area contributed by atoms with Gasteiger partial charge in [0.15, 0.2) is 5.78 Å². The van der Waals surface area contributed by atoms with Gasteiger partial charge in [-0.15, -0.1) is 0 Å². The summed E-state index contributed by atoms with van der Waals surface area (Å²) in [6, 6.07) is 4.77. The molecular weight excluding hydrogens is 264 g/mol. The lowest BCUT2D eigenvalue weighted by Crippen LogP contribution is -2.37. The van der Waals surface area contributed by atoms with Gasteiger partial charge in [0.05, 0.1) is 22.7 Å². The number of nitrogen functional groups attached to an aromatic ring is 1. The number of nitrogens with one attached hydrogen (secondary N) is 1. The molecule has 0 aliphatic heterocycles. The molecule has 1 unspecified atom stereocenters. The summed E-state index contributed by atoms with van der Waals surface area (Å²) in [7, 11) is 0. The second-order valence-corrected chi connectivity index (χ2v) is 4.76. The molecule has 0 heterocycles. The van der Waals surface area contributed by atoms with E-state index in [0.717, 1.165) is 6.21 Å². The van der Waals surface area contributed by atoms with Crippen LogP contribution in [-0.4, -0.2) is 25.2 Å². The maximum Gasteiger partial charge on any atom is 0.176 e. The van der Waals surface area contributed by atoms with Gasteiger partial charge in [0.2, 0.25) is 0 Å². The minimum absolute atomic E-state index is 0.166. The molecule has 0 saturated carbocycles.